The largest absolute Gasteiger partial charge is 0.489 e. The van der Waals surface area contributed by atoms with E-state index in [1.807, 2.05) is 44.2 Å². The summed E-state index contributed by atoms with van der Waals surface area (Å²) in [6.07, 6.45) is 6.46. The fourth-order valence-corrected chi connectivity index (χ4v) is 2.41. The number of methoxy groups -OCH3 is 1. The van der Waals surface area contributed by atoms with Crippen molar-refractivity contribution in [2.75, 3.05) is 20.3 Å². The average Bonchev–Trinajstić information content (AvgIpc) is 2.83. The maximum atomic E-state index is 11.9. The van der Waals surface area contributed by atoms with Gasteiger partial charge in [-0.15, -0.1) is 0 Å². The van der Waals surface area contributed by atoms with E-state index in [9.17, 15) is 4.79 Å². The highest BCUT2D eigenvalue weighted by molar-refractivity contribution is 6.30. The van der Waals surface area contributed by atoms with Gasteiger partial charge in [-0.1, -0.05) is 49.7 Å². The van der Waals surface area contributed by atoms with Crippen molar-refractivity contribution in [1.29, 1.82) is 0 Å². The Kier molecular flexibility index (Phi) is 9.66. The van der Waals surface area contributed by atoms with Crippen LogP contribution in [0, 0.1) is 0 Å². The van der Waals surface area contributed by atoms with E-state index in [0.717, 1.165) is 5.56 Å². The van der Waals surface area contributed by atoms with Crippen molar-refractivity contribution in [3.05, 3.63) is 64.2 Å². The predicted molar refractivity (Wildman–Crippen MR) is 101 cm³/mol. The molecule has 0 saturated heterocycles. The fraction of sp³-hybridized carbons (Fsp3) is 0.350. The molecule has 2 rings (SSSR count). The quantitative estimate of drug-likeness (QED) is 0.769. The van der Waals surface area contributed by atoms with E-state index in [4.69, 9.17) is 26.2 Å². The molecule has 25 heavy (non-hydrogen) atoms. The van der Waals surface area contributed by atoms with Crippen LogP contribution in [0.15, 0.2) is 58.7 Å². The first kappa shape index (κ1) is 21.0. The second-order valence-electron chi connectivity index (χ2n) is 5.03. The molecule has 4 nitrogen and oxygen atoms in total. The van der Waals surface area contributed by atoms with Gasteiger partial charge in [0.15, 0.2) is 0 Å². The molecule has 0 amide bonds. The number of allylic oxidation sites excluding steroid dienone is 2. The zero-order chi connectivity index (χ0) is 18.7. The minimum absolute atomic E-state index is 0.116. The van der Waals surface area contributed by atoms with Crippen molar-refractivity contribution >= 4 is 17.6 Å². The smallest absolute Gasteiger partial charge is 0.338 e. The predicted octanol–water partition coefficient (Wildman–Crippen LogP) is 4.18. The average molecular weight is 365 g/mol. The van der Waals surface area contributed by atoms with Crippen LogP contribution in [0.5, 0.6) is 5.75 Å². The summed E-state index contributed by atoms with van der Waals surface area (Å²) < 4.78 is 10.5. The summed E-state index contributed by atoms with van der Waals surface area (Å²) in [5.41, 5.74) is 2.16. The monoisotopic (exact) mass is 364 g/mol. The Balaban J connectivity index is 0.00000151. The second-order valence-corrected chi connectivity index (χ2v) is 5.52. The number of benzene rings is 1. The summed E-state index contributed by atoms with van der Waals surface area (Å²) in [6, 6.07) is 7.47. The maximum Gasteiger partial charge on any atom is 0.338 e. The zero-order valence-electron chi connectivity index (χ0n) is 14.9. The van der Waals surface area contributed by atoms with Gasteiger partial charge >= 0.3 is 5.97 Å². The Labute approximate surface area is 154 Å². The fourth-order valence-electron chi connectivity index (χ4n) is 2.19. The molecule has 0 radical (unpaired) electrons. The second kappa shape index (κ2) is 11.5. The van der Waals surface area contributed by atoms with E-state index in [-0.39, 0.29) is 13.2 Å². The molecule has 0 fully saturated rings. The molecular formula is C20H25ClO4. The van der Waals surface area contributed by atoms with E-state index in [0.29, 0.717) is 34.8 Å². The molecule has 0 saturated carbocycles. The van der Waals surface area contributed by atoms with Crippen molar-refractivity contribution in [2.24, 2.45) is 0 Å². The van der Waals surface area contributed by atoms with Crippen molar-refractivity contribution in [1.82, 2.24) is 0 Å². The lowest BCUT2D eigenvalue weighted by molar-refractivity contribution is -0.135. The van der Waals surface area contributed by atoms with Crippen LogP contribution in [0.25, 0.3) is 0 Å². The summed E-state index contributed by atoms with van der Waals surface area (Å²) in [4.78, 5) is 11.9. The van der Waals surface area contributed by atoms with Gasteiger partial charge in [-0.3, -0.25) is 0 Å². The lowest BCUT2D eigenvalue weighted by atomic mass is 10.1. The standard InChI is InChI=1S/C18H19ClO4.C2H6/c1-22-18(21)17-4-2-3-15(19)11-14(17)12-23-16-7-5-13(6-8-16)9-10-20;1-2/h2,4-8,11,20H,3,9-10,12H2,1H3;1-2H3. The third-order valence-electron chi connectivity index (χ3n) is 3.40. The molecule has 0 spiro atoms. The number of carbonyl (C=O) groups excluding carboxylic acids is 1. The number of aliphatic hydroxyl groups excluding tert-OH is 1. The van der Waals surface area contributed by atoms with Crippen LogP contribution in [0.2, 0.25) is 0 Å². The van der Waals surface area contributed by atoms with Gasteiger partial charge in [-0.2, -0.15) is 0 Å². The number of aliphatic hydroxyl groups is 1. The van der Waals surface area contributed by atoms with E-state index in [1.165, 1.54) is 7.11 Å². The normalized spacial score (nSPS) is 13.4. The summed E-state index contributed by atoms with van der Waals surface area (Å²) in [5.74, 6) is 0.266. The number of hydrogen-bond acceptors (Lipinski definition) is 4. The number of halogens is 1. The molecule has 0 atom stereocenters. The van der Waals surface area contributed by atoms with E-state index < -0.39 is 5.97 Å². The van der Waals surface area contributed by atoms with Crippen molar-refractivity contribution in [3.63, 3.8) is 0 Å². The summed E-state index contributed by atoms with van der Waals surface area (Å²) in [5, 5.41) is 9.55. The highest BCUT2D eigenvalue weighted by Crippen LogP contribution is 2.22. The van der Waals surface area contributed by atoms with Gasteiger partial charge in [0.2, 0.25) is 0 Å². The molecule has 1 aromatic rings. The highest BCUT2D eigenvalue weighted by atomic mass is 35.5. The lowest BCUT2D eigenvalue weighted by Gasteiger charge is -2.10. The first-order valence-corrected chi connectivity index (χ1v) is 8.68. The summed E-state index contributed by atoms with van der Waals surface area (Å²) >= 11 is 6.11. The summed E-state index contributed by atoms with van der Waals surface area (Å²) in [6.45, 7) is 4.33. The van der Waals surface area contributed by atoms with Gasteiger partial charge < -0.3 is 14.6 Å². The van der Waals surface area contributed by atoms with Crippen molar-refractivity contribution in [2.45, 2.75) is 26.7 Å². The molecule has 1 aliphatic rings. The Morgan fingerprint density at radius 1 is 1.24 bits per heavy atom. The lowest BCUT2D eigenvalue weighted by Crippen LogP contribution is -2.10. The Hall–Kier alpha value is -2.04. The molecule has 1 N–H and O–H groups in total. The molecule has 1 aliphatic carbocycles. The van der Waals surface area contributed by atoms with Gasteiger partial charge in [0.25, 0.3) is 0 Å². The number of hydrogen-bond donors (Lipinski definition) is 1. The van der Waals surface area contributed by atoms with Gasteiger partial charge in [-0.25, -0.2) is 4.79 Å². The number of carbonyl (C=O) groups is 1. The first-order chi connectivity index (χ1) is 12.1. The molecule has 0 unspecified atom stereocenters. The number of ether oxygens (including phenoxy) is 2. The van der Waals surface area contributed by atoms with Crippen LogP contribution in [-0.2, 0) is 16.0 Å². The minimum atomic E-state index is -0.416. The third-order valence-corrected chi connectivity index (χ3v) is 3.66. The summed E-state index contributed by atoms with van der Waals surface area (Å²) in [7, 11) is 1.34. The molecular weight excluding hydrogens is 340 g/mol. The minimum Gasteiger partial charge on any atom is -0.489 e. The van der Waals surface area contributed by atoms with Crippen LogP contribution in [0.1, 0.15) is 25.8 Å². The molecule has 1 aromatic carbocycles. The molecule has 0 bridgehead atoms. The van der Waals surface area contributed by atoms with Gasteiger partial charge in [0.05, 0.1) is 12.7 Å². The van der Waals surface area contributed by atoms with E-state index in [1.54, 1.807) is 12.2 Å². The third kappa shape index (κ3) is 6.77. The number of rotatable bonds is 6. The van der Waals surface area contributed by atoms with Crippen LogP contribution in [0.4, 0.5) is 0 Å². The Morgan fingerprint density at radius 3 is 2.52 bits per heavy atom. The van der Waals surface area contributed by atoms with Crippen LogP contribution < -0.4 is 4.74 Å². The van der Waals surface area contributed by atoms with E-state index in [2.05, 4.69) is 0 Å². The van der Waals surface area contributed by atoms with Crippen molar-refractivity contribution in [3.8, 4) is 5.75 Å². The SMILES string of the molecule is CC.COC(=O)C1=C(COc2ccc(CCO)cc2)C=C(Cl)CC=C1. The molecule has 0 aliphatic heterocycles. The highest BCUT2D eigenvalue weighted by Gasteiger charge is 2.15. The molecule has 5 heteroatoms. The first-order valence-electron chi connectivity index (χ1n) is 8.30. The van der Waals surface area contributed by atoms with Crippen LogP contribution in [-0.4, -0.2) is 31.4 Å². The Morgan fingerprint density at radius 2 is 1.92 bits per heavy atom. The van der Waals surface area contributed by atoms with Crippen LogP contribution >= 0.6 is 11.6 Å². The topological polar surface area (TPSA) is 55.8 Å². The van der Waals surface area contributed by atoms with Gasteiger partial charge in [0.1, 0.15) is 12.4 Å². The zero-order valence-corrected chi connectivity index (χ0v) is 15.7. The van der Waals surface area contributed by atoms with Gasteiger partial charge in [0, 0.05) is 23.6 Å². The van der Waals surface area contributed by atoms with Gasteiger partial charge in [-0.05, 0) is 30.2 Å². The molecule has 0 aromatic heterocycles. The van der Waals surface area contributed by atoms with Crippen molar-refractivity contribution < 1.29 is 19.4 Å². The van der Waals surface area contributed by atoms with E-state index >= 15 is 0 Å². The molecule has 136 valence electrons. The maximum absolute atomic E-state index is 11.9. The van der Waals surface area contributed by atoms with Crippen LogP contribution in [0.3, 0.4) is 0 Å². The molecule has 0 heterocycles. The number of esters is 1. The Bertz CT molecular complexity index is 642.